The van der Waals surface area contributed by atoms with Crippen molar-refractivity contribution in [2.75, 3.05) is 0 Å². The van der Waals surface area contributed by atoms with Gasteiger partial charge in [0.25, 0.3) is 5.89 Å². The van der Waals surface area contributed by atoms with Crippen molar-refractivity contribution in [1.29, 1.82) is 0 Å². The second kappa shape index (κ2) is 5.48. The maximum Gasteiger partial charge on any atom is 0.263 e. The van der Waals surface area contributed by atoms with Crippen LogP contribution in [0.2, 0.25) is 0 Å². The zero-order chi connectivity index (χ0) is 15.8. The molecule has 0 fully saturated rings. The van der Waals surface area contributed by atoms with Gasteiger partial charge in [-0.2, -0.15) is 4.98 Å². The number of pyridine rings is 1. The molecule has 2 aromatic carbocycles. The zero-order valence-electron chi connectivity index (χ0n) is 11.8. The topological polar surface area (TPSA) is 71.8 Å². The van der Waals surface area contributed by atoms with Gasteiger partial charge in [-0.25, -0.2) is 0 Å². The summed E-state index contributed by atoms with van der Waals surface area (Å²) in [5.74, 6) is 0.648. The highest BCUT2D eigenvalue weighted by Crippen LogP contribution is 2.22. The fraction of sp³-hybridized carbons (Fsp3) is 0. The summed E-state index contributed by atoms with van der Waals surface area (Å²) in [6, 6.07) is 14.9. The molecule has 2 aromatic heterocycles. The molecule has 0 aliphatic carbocycles. The maximum atomic E-state index is 12.6. The number of aromatic amines is 1. The fourth-order valence-electron chi connectivity index (χ4n) is 2.38. The lowest BCUT2D eigenvalue weighted by Crippen LogP contribution is -2.06. The minimum absolute atomic E-state index is 0.134. The Hall–Kier alpha value is -2.73. The van der Waals surface area contributed by atoms with Crippen LogP contribution in [0.15, 0.2) is 68.5 Å². The molecule has 0 aliphatic rings. The van der Waals surface area contributed by atoms with E-state index in [1.807, 2.05) is 42.5 Å². The first kappa shape index (κ1) is 13.9. The number of aromatic nitrogens is 3. The molecule has 0 aliphatic heterocycles. The van der Waals surface area contributed by atoms with Gasteiger partial charge in [0.2, 0.25) is 11.3 Å². The number of fused-ring (bicyclic) bond motifs is 1. The van der Waals surface area contributed by atoms with Crippen LogP contribution in [0.25, 0.3) is 33.7 Å². The van der Waals surface area contributed by atoms with Crippen LogP contribution < -0.4 is 5.43 Å². The van der Waals surface area contributed by atoms with Crippen molar-refractivity contribution in [2.24, 2.45) is 0 Å². The molecule has 23 heavy (non-hydrogen) atoms. The zero-order valence-corrected chi connectivity index (χ0v) is 13.4. The lowest BCUT2D eigenvalue weighted by Gasteiger charge is -1.98. The summed E-state index contributed by atoms with van der Waals surface area (Å²) in [6.07, 6.45) is 1.60. The number of para-hydroxylation sites is 1. The van der Waals surface area contributed by atoms with Crippen LogP contribution in [0.1, 0.15) is 0 Å². The van der Waals surface area contributed by atoms with E-state index in [1.54, 1.807) is 12.3 Å². The summed E-state index contributed by atoms with van der Waals surface area (Å²) < 4.78 is 6.24. The lowest BCUT2D eigenvalue weighted by atomic mass is 10.1. The highest BCUT2D eigenvalue weighted by molar-refractivity contribution is 9.10. The van der Waals surface area contributed by atoms with Gasteiger partial charge in [-0.15, -0.1) is 0 Å². The molecule has 6 heteroatoms. The van der Waals surface area contributed by atoms with Crippen LogP contribution in [-0.2, 0) is 0 Å². The molecule has 0 spiro atoms. The Kier molecular flexibility index (Phi) is 3.31. The van der Waals surface area contributed by atoms with Crippen molar-refractivity contribution in [2.45, 2.75) is 0 Å². The van der Waals surface area contributed by atoms with E-state index in [9.17, 15) is 4.79 Å². The van der Waals surface area contributed by atoms with E-state index in [2.05, 4.69) is 31.1 Å². The van der Waals surface area contributed by atoms with Gasteiger partial charge < -0.3 is 9.51 Å². The van der Waals surface area contributed by atoms with Crippen molar-refractivity contribution in [3.63, 3.8) is 0 Å². The van der Waals surface area contributed by atoms with Crippen LogP contribution in [0.3, 0.4) is 0 Å². The van der Waals surface area contributed by atoms with Crippen LogP contribution in [0.4, 0.5) is 0 Å². The largest absolute Gasteiger partial charge is 0.360 e. The number of rotatable bonds is 2. The molecule has 0 atom stereocenters. The first-order valence-electron chi connectivity index (χ1n) is 6.93. The molecule has 0 saturated carbocycles. The second-order valence-corrected chi connectivity index (χ2v) is 5.92. The van der Waals surface area contributed by atoms with Gasteiger partial charge in [0.1, 0.15) is 5.56 Å². The highest BCUT2D eigenvalue weighted by atomic mass is 79.9. The van der Waals surface area contributed by atoms with Crippen molar-refractivity contribution in [1.82, 2.24) is 15.1 Å². The van der Waals surface area contributed by atoms with E-state index in [1.165, 1.54) is 0 Å². The predicted molar refractivity (Wildman–Crippen MR) is 91.0 cm³/mol. The molecule has 4 aromatic rings. The van der Waals surface area contributed by atoms with Gasteiger partial charge in [0, 0.05) is 27.1 Å². The summed E-state index contributed by atoms with van der Waals surface area (Å²) in [5.41, 5.74) is 1.82. The number of benzene rings is 2. The van der Waals surface area contributed by atoms with Gasteiger partial charge >= 0.3 is 0 Å². The summed E-state index contributed by atoms with van der Waals surface area (Å²) >= 11 is 3.38. The Balaban J connectivity index is 1.82. The Morgan fingerprint density at radius 3 is 2.65 bits per heavy atom. The minimum Gasteiger partial charge on any atom is -0.360 e. The van der Waals surface area contributed by atoms with Gasteiger partial charge in [-0.1, -0.05) is 33.2 Å². The Bertz CT molecular complexity index is 1050. The Morgan fingerprint density at radius 1 is 1.04 bits per heavy atom. The van der Waals surface area contributed by atoms with Crippen molar-refractivity contribution in [3.05, 3.63) is 69.4 Å². The third-order valence-electron chi connectivity index (χ3n) is 3.55. The fourth-order valence-corrected chi connectivity index (χ4v) is 2.64. The van der Waals surface area contributed by atoms with Gasteiger partial charge in [0.15, 0.2) is 0 Å². The molecule has 2 heterocycles. The monoisotopic (exact) mass is 367 g/mol. The molecule has 112 valence electrons. The van der Waals surface area contributed by atoms with E-state index in [4.69, 9.17) is 4.52 Å². The quantitative estimate of drug-likeness (QED) is 0.580. The first-order valence-corrected chi connectivity index (χ1v) is 7.72. The molecule has 5 nitrogen and oxygen atoms in total. The molecule has 0 bridgehead atoms. The summed E-state index contributed by atoms with van der Waals surface area (Å²) in [6.45, 7) is 0. The van der Waals surface area contributed by atoms with E-state index in [0.29, 0.717) is 16.8 Å². The summed E-state index contributed by atoms with van der Waals surface area (Å²) in [4.78, 5) is 20.0. The predicted octanol–water partition coefficient (Wildman–Crippen LogP) is 4.01. The highest BCUT2D eigenvalue weighted by Gasteiger charge is 2.15. The number of hydrogen-bond acceptors (Lipinski definition) is 4. The Labute approximate surface area is 139 Å². The van der Waals surface area contributed by atoms with E-state index in [-0.39, 0.29) is 11.3 Å². The smallest absolute Gasteiger partial charge is 0.263 e. The molecule has 0 unspecified atom stereocenters. The number of H-pyrrole nitrogens is 1. The normalized spacial score (nSPS) is 11.0. The number of halogens is 1. The SMILES string of the molecule is O=c1c(-c2nc(-c3ccc(Br)cc3)no2)c[nH]c2ccccc12. The minimum atomic E-state index is -0.134. The number of nitrogens with zero attached hydrogens (tertiary/aromatic N) is 2. The summed E-state index contributed by atoms with van der Waals surface area (Å²) in [7, 11) is 0. The lowest BCUT2D eigenvalue weighted by molar-refractivity contribution is 0.432. The second-order valence-electron chi connectivity index (χ2n) is 5.01. The van der Waals surface area contributed by atoms with Crippen LogP contribution in [0, 0.1) is 0 Å². The summed E-state index contributed by atoms with van der Waals surface area (Å²) in [5, 5.41) is 4.55. The first-order chi connectivity index (χ1) is 11.2. The van der Waals surface area contributed by atoms with E-state index in [0.717, 1.165) is 15.6 Å². The standard InChI is InChI=1S/C17H10BrN3O2/c18-11-7-5-10(6-8-11)16-20-17(23-21-16)13-9-19-14-4-2-1-3-12(14)15(13)22/h1-9H,(H,19,22). The van der Waals surface area contributed by atoms with E-state index < -0.39 is 0 Å². The van der Waals surface area contributed by atoms with Gasteiger partial charge in [-0.3, -0.25) is 4.79 Å². The molecular weight excluding hydrogens is 358 g/mol. The molecule has 0 radical (unpaired) electrons. The van der Waals surface area contributed by atoms with Crippen LogP contribution in [0.5, 0.6) is 0 Å². The van der Waals surface area contributed by atoms with Crippen molar-refractivity contribution >= 4 is 26.8 Å². The average Bonchev–Trinajstić information content (AvgIpc) is 3.06. The van der Waals surface area contributed by atoms with Crippen molar-refractivity contribution in [3.8, 4) is 22.8 Å². The van der Waals surface area contributed by atoms with Gasteiger partial charge in [-0.05, 0) is 36.4 Å². The Morgan fingerprint density at radius 2 is 1.83 bits per heavy atom. The number of nitrogens with one attached hydrogen (secondary N) is 1. The molecular formula is C17H10BrN3O2. The molecule has 0 amide bonds. The molecule has 4 rings (SSSR count). The van der Waals surface area contributed by atoms with Crippen molar-refractivity contribution < 1.29 is 4.52 Å². The third-order valence-corrected chi connectivity index (χ3v) is 4.08. The van der Waals surface area contributed by atoms with E-state index >= 15 is 0 Å². The average molecular weight is 368 g/mol. The maximum absolute atomic E-state index is 12.6. The molecule has 1 N–H and O–H groups in total. The van der Waals surface area contributed by atoms with Gasteiger partial charge in [0.05, 0.1) is 0 Å². The number of hydrogen-bond donors (Lipinski definition) is 1. The molecule has 0 saturated heterocycles. The van der Waals surface area contributed by atoms with Crippen LogP contribution >= 0.6 is 15.9 Å². The third kappa shape index (κ3) is 2.47. The van der Waals surface area contributed by atoms with Crippen LogP contribution in [-0.4, -0.2) is 15.1 Å².